The number of pyridine rings is 1. The van der Waals surface area contributed by atoms with Crippen molar-refractivity contribution in [3.8, 4) is 18.1 Å². The number of hydrogen-bond donors (Lipinski definition) is 2. The van der Waals surface area contributed by atoms with Crippen molar-refractivity contribution < 1.29 is 10.2 Å². The Morgan fingerprint density at radius 3 is 2.88 bits per heavy atom. The summed E-state index contributed by atoms with van der Waals surface area (Å²) in [6, 6.07) is 12.8. The molecular weight excluding hydrogens is 422 g/mol. The average molecular weight is 458 g/mol. The first-order valence-corrected chi connectivity index (χ1v) is 12.8. The Hall–Kier alpha value is -2.55. The van der Waals surface area contributed by atoms with Crippen LogP contribution in [0.15, 0.2) is 42.6 Å². The van der Waals surface area contributed by atoms with E-state index in [1.165, 1.54) is 11.1 Å². The number of phenols is 1. The van der Waals surface area contributed by atoms with Gasteiger partial charge in [-0.25, -0.2) is 4.98 Å². The summed E-state index contributed by atoms with van der Waals surface area (Å²) in [6.45, 7) is 3.56. The highest BCUT2D eigenvalue weighted by molar-refractivity contribution is 5.52. The van der Waals surface area contributed by atoms with E-state index in [-0.39, 0.29) is 22.9 Å². The van der Waals surface area contributed by atoms with E-state index in [1.54, 1.807) is 0 Å². The number of aliphatic hydroxyl groups excluding tert-OH is 1. The van der Waals surface area contributed by atoms with Crippen LogP contribution in [0.2, 0.25) is 0 Å². The van der Waals surface area contributed by atoms with Crippen molar-refractivity contribution in [2.24, 2.45) is 17.3 Å². The Labute approximate surface area is 202 Å². The second-order valence-electron chi connectivity index (χ2n) is 11.2. The quantitative estimate of drug-likeness (QED) is 0.687. The summed E-state index contributed by atoms with van der Waals surface area (Å²) in [5.41, 5.74) is 2.69. The van der Waals surface area contributed by atoms with Crippen LogP contribution >= 0.6 is 0 Å². The minimum absolute atomic E-state index is 0.0673. The number of aromatic nitrogens is 1. The van der Waals surface area contributed by atoms with E-state index in [0.29, 0.717) is 30.3 Å². The lowest BCUT2D eigenvalue weighted by atomic mass is 9.43. The molecule has 5 heteroatoms. The van der Waals surface area contributed by atoms with Crippen LogP contribution < -0.4 is 4.90 Å². The van der Waals surface area contributed by atoms with Crippen LogP contribution in [-0.4, -0.2) is 58.4 Å². The summed E-state index contributed by atoms with van der Waals surface area (Å²) in [5.74, 6) is 5.08. The van der Waals surface area contributed by atoms with Gasteiger partial charge in [-0.3, -0.25) is 4.90 Å². The molecule has 178 valence electrons. The zero-order valence-electron chi connectivity index (χ0n) is 20.2. The number of anilines is 1. The van der Waals surface area contributed by atoms with Gasteiger partial charge in [-0.15, -0.1) is 12.3 Å². The van der Waals surface area contributed by atoms with Crippen LogP contribution in [0.3, 0.4) is 0 Å². The van der Waals surface area contributed by atoms with E-state index >= 15 is 0 Å². The molecular formula is C29H35N3O2. The van der Waals surface area contributed by atoms with Crippen molar-refractivity contribution in [1.29, 1.82) is 0 Å². The van der Waals surface area contributed by atoms with Gasteiger partial charge in [0.25, 0.3) is 0 Å². The Kier molecular flexibility index (Phi) is 4.99. The van der Waals surface area contributed by atoms with E-state index in [1.807, 2.05) is 25.3 Å². The third-order valence-corrected chi connectivity index (χ3v) is 9.86. The van der Waals surface area contributed by atoms with E-state index in [2.05, 4.69) is 52.0 Å². The van der Waals surface area contributed by atoms with Gasteiger partial charge in [-0.1, -0.05) is 12.1 Å². The lowest BCUT2D eigenvalue weighted by Crippen LogP contribution is -2.70. The van der Waals surface area contributed by atoms with Crippen LogP contribution in [0.25, 0.3) is 0 Å². The van der Waals surface area contributed by atoms with Crippen molar-refractivity contribution in [3.63, 3.8) is 0 Å². The standard InChI is InChI=1S/C29H35N3O2/c1-4-20-17-28-11-10-24(31(3)26-7-5-6-13-30-26)27(20)29(28)12-14-32(18-19(2)33)25(28)15-21-8-9-22(34)16-23(21)29/h1,5-9,13,16,19-20,24-25,27,33-34H,10-12,14-15,17-18H2,2-3H3/t19-,20-,24?,25?,27?,28?,29?/m0/s1. The van der Waals surface area contributed by atoms with Crippen LogP contribution in [-0.2, 0) is 11.8 Å². The number of fused-ring (bicyclic) bond motifs is 1. The molecule has 4 bridgehead atoms. The molecule has 1 aliphatic heterocycles. The third kappa shape index (κ3) is 2.79. The predicted octanol–water partition coefficient (Wildman–Crippen LogP) is 3.59. The molecule has 0 spiro atoms. The normalized spacial score (nSPS) is 36.8. The van der Waals surface area contributed by atoms with Gasteiger partial charge >= 0.3 is 0 Å². The molecule has 0 amide bonds. The van der Waals surface area contributed by atoms with E-state index in [4.69, 9.17) is 6.42 Å². The summed E-state index contributed by atoms with van der Waals surface area (Å²) in [4.78, 5) is 9.59. The topological polar surface area (TPSA) is 59.8 Å². The molecule has 2 heterocycles. The summed E-state index contributed by atoms with van der Waals surface area (Å²) >= 11 is 0. The average Bonchev–Trinajstić information content (AvgIpc) is 3.03. The number of terminal acetylenes is 1. The Morgan fingerprint density at radius 1 is 1.29 bits per heavy atom. The molecule has 1 aromatic heterocycles. The van der Waals surface area contributed by atoms with Gasteiger partial charge in [-0.05, 0) is 86.4 Å². The maximum absolute atomic E-state index is 10.6. The molecule has 2 saturated carbocycles. The van der Waals surface area contributed by atoms with Crippen LogP contribution in [0.1, 0.15) is 43.7 Å². The fourth-order valence-electron chi connectivity index (χ4n) is 8.88. The zero-order valence-corrected chi connectivity index (χ0v) is 20.2. The number of benzene rings is 1. The Balaban J connectivity index is 1.54. The highest BCUT2D eigenvalue weighted by Crippen LogP contribution is 2.73. The summed E-state index contributed by atoms with van der Waals surface area (Å²) < 4.78 is 0. The van der Waals surface area contributed by atoms with Gasteiger partial charge in [0.2, 0.25) is 0 Å². The SMILES string of the molecule is C#C[C@H]1CC23CCC(N(C)c4ccccn4)C1C21CCN(C[C@H](C)O)C3Cc2ccc(O)cc21. The Bertz CT molecular complexity index is 1130. The number of hydrogen-bond acceptors (Lipinski definition) is 5. The summed E-state index contributed by atoms with van der Waals surface area (Å²) in [5, 5.41) is 20.9. The fourth-order valence-corrected chi connectivity index (χ4v) is 8.88. The smallest absolute Gasteiger partial charge is 0.128 e. The van der Waals surface area contributed by atoms with Crippen LogP contribution in [0.4, 0.5) is 5.82 Å². The van der Waals surface area contributed by atoms with Gasteiger partial charge < -0.3 is 15.1 Å². The number of aromatic hydroxyl groups is 1. The van der Waals surface area contributed by atoms with Crippen molar-refractivity contribution >= 4 is 5.82 Å². The first-order valence-electron chi connectivity index (χ1n) is 12.8. The lowest BCUT2D eigenvalue weighted by molar-refractivity contribution is -0.0997. The molecule has 1 aromatic carbocycles. The lowest BCUT2D eigenvalue weighted by Gasteiger charge is -2.67. The number of phenolic OH excluding ortho intramolecular Hbond substituents is 1. The minimum atomic E-state index is -0.350. The molecule has 6 rings (SSSR count). The largest absolute Gasteiger partial charge is 0.508 e. The van der Waals surface area contributed by atoms with E-state index < -0.39 is 0 Å². The van der Waals surface area contributed by atoms with Crippen LogP contribution in [0.5, 0.6) is 5.75 Å². The van der Waals surface area contributed by atoms with Crippen molar-refractivity contribution in [2.75, 3.05) is 25.0 Å². The minimum Gasteiger partial charge on any atom is -0.508 e. The summed E-state index contributed by atoms with van der Waals surface area (Å²) in [7, 11) is 2.18. The van der Waals surface area contributed by atoms with E-state index in [0.717, 1.165) is 44.5 Å². The number of nitrogens with zero attached hydrogens (tertiary/aromatic N) is 3. The van der Waals surface area contributed by atoms with Crippen molar-refractivity contribution in [2.45, 2.75) is 62.6 Å². The van der Waals surface area contributed by atoms with Gasteiger partial charge in [-0.2, -0.15) is 0 Å². The third-order valence-electron chi connectivity index (χ3n) is 9.86. The fraction of sp³-hybridized carbons (Fsp3) is 0.552. The molecule has 7 atom stereocenters. The molecule has 3 fully saturated rings. The molecule has 5 nitrogen and oxygen atoms in total. The molecule has 3 aliphatic carbocycles. The number of β-amino-alcohol motifs (C(OH)–C–C–N with tert-alkyl or cyclic N) is 1. The van der Waals surface area contributed by atoms with Crippen molar-refractivity contribution in [3.05, 3.63) is 53.7 Å². The van der Waals surface area contributed by atoms with E-state index in [9.17, 15) is 10.2 Å². The first-order chi connectivity index (χ1) is 16.4. The van der Waals surface area contributed by atoms with Crippen molar-refractivity contribution in [1.82, 2.24) is 9.88 Å². The molecule has 5 unspecified atom stereocenters. The molecule has 2 aromatic rings. The highest BCUT2D eigenvalue weighted by atomic mass is 16.3. The molecule has 1 saturated heterocycles. The highest BCUT2D eigenvalue weighted by Gasteiger charge is 2.74. The maximum Gasteiger partial charge on any atom is 0.128 e. The monoisotopic (exact) mass is 457 g/mol. The second-order valence-corrected chi connectivity index (χ2v) is 11.2. The van der Waals surface area contributed by atoms with Gasteiger partial charge in [0.15, 0.2) is 0 Å². The van der Waals surface area contributed by atoms with Crippen LogP contribution in [0, 0.1) is 29.6 Å². The zero-order chi connectivity index (χ0) is 23.7. The van der Waals surface area contributed by atoms with Gasteiger partial charge in [0, 0.05) is 49.1 Å². The summed E-state index contributed by atoms with van der Waals surface area (Å²) in [6.07, 6.45) is 13.0. The predicted molar refractivity (Wildman–Crippen MR) is 134 cm³/mol. The maximum atomic E-state index is 10.6. The molecule has 2 N–H and O–H groups in total. The molecule has 34 heavy (non-hydrogen) atoms. The van der Waals surface area contributed by atoms with Gasteiger partial charge in [0.1, 0.15) is 11.6 Å². The molecule has 0 radical (unpaired) electrons. The Morgan fingerprint density at radius 2 is 2.15 bits per heavy atom. The number of aliphatic hydroxyl groups is 1. The number of rotatable bonds is 4. The first kappa shape index (κ1) is 21.9. The number of piperidine rings is 1. The second kappa shape index (κ2) is 7.73. The molecule has 4 aliphatic rings. The number of likely N-dealkylation sites (tertiary alicyclic amines) is 1. The van der Waals surface area contributed by atoms with Gasteiger partial charge in [0.05, 0.1) is 6.10 Å².